The highest BCUT2D eigenvalue weighted by Gasteiger charge is 2.33. The molecule has 0 bridgehead atoms. The van der Waals surface area contributed by atoms with Crippen molar-refractivity contribution in [3.8, 4) is 22.3 Å². The van der Waals surface area contributed by atoms with E-state index in [4.69, 9.17) is 0 Å². The Morgan fingerprint density at radius 3 is 2.87 bits per heavy atom. The van der Waals surface area contributed by atoms with Crippen LogP contribution >= 0.6 is 11.3 Å². The minimum absolute atomic E-state index is 0.0322. The normalized spacial score (nSPS) is 18.1. The Morgan fingerprint density at radius 2 is 2.13 bits per heavy atom. The number of carbonyl (C=O) groups is 1. The summed E-state index contributed by atoms with van der Waals surface area (Å²) in [5.41, 5.74) is 4.18. The maximum absolute atomic E-state index is 12.9. The van der Waals surface area contributed by atoms with Crippen molar-refractivity contribution in [3.05, 3.63) is 47.3 Å². The number of carbonyl (C=O) groups excluding carboxylic acids is 1. The molecule has 1 saturated heterocycles. The average molecular weight is 443 g/mol. The number of amides is 1. The summed E-state index contributed by atoms with van der Waals surface area (Å²) in [5, 5.41) is 13.0. The van der Waals surface area contributed by atoms with Crippen molar-refractivity contribution in [1.29, 1.82) is 0 Å². The van der Waals surface area contributed by atoms with Crippen LogP contribution < -0.4 is 0 Å². The summed E-state index contributed by atoms with van der Waals surface area (Å²) in [5.74, 6) is 0.00428. The molecule has 5 heterocycles. The lowest BCUT2D eigenvalue weighted by atomic mass is 10.1. The van der Waals surface area contributed by atoms with E-state index in [2.05, 4.69) is 20.3 Å². The van der Waals surface area contributed by atoms with Crippen LogP contribution in [0.4, 0.5) is 0 Å². The van der Waals surface area contributed by atoms with Gasteiger partial charge in [0.25, 0.3) is 5.91 Å². The Balaban J connectivity index is 1.41. The molecule has 11 heteroatoms. The third kappa shape index (κ3) is 3.29. The van der Waals surface area contributed by atoms with Crippen LogP contribution in [0.25, 0.3) is 27.9 Å². The molecule has 1 fully saturated rings. The number of hydrogen-bond donors (Lipinski definition) is 1. The molecule has 30 heavy (non-hydrogen) atoms. The highest BCUT2D eigenvalue weighted by atomic mass is 32.2. The number of aromatic nitrogens is 5. The number of nitrogens with one attached hydrogen (secondary N) is 1. The number of nitrogens with zero attached hydrogens (tertiary/aromatic N) is 5. The Kier molecular flexibility index (Phi) is 4.44. The summed E-state index contributed by atoms with van der Waals surface area (Å²) in [4.78, 5) is 19.5. The Bertz CT molecular complexity index is 1340. The second-order valence-corrected chi connectivity index (χ2v) is 10.5. The van der Waals surface area contributed by atoms with Crippen LogP contribution in [0.1, 0.15) is 16.1 Å². The van der Waals surface area contributed by atoms with E-state index in [0.29, 0.717) is 16.9 Å². The van der Waals surface area contributed by atoms with E-state index in [1.165, 1.54) is 11.3 Å². The van der Waals surface area contributed by atoms with E-state index in [-0.39, 0.29) is 23.5 Å². The number of sulfone groups is 1. The van der Waals surface area contributed by atoms with Crippen LogP contribution in [-0.4, -0.2) is 68.6 Å². The van der Waals surface area contributed by atoms with Crippen molar-refractivity contribution in [2.24, 2.45) is 0 Å². The molecule has 1 atom stereocenters. The second-order valence-electron chi connectivity index (χ2n) is 7.33. The van der Waals surface area contributed by atoms with Crippen LogP contribution in [0.2, 0.25) is 0 Å². The first-order valence-electron chi connectivity index (χ1n) is 9.30. The zero-order valence-electron chi connectivity index (χ0n) is 16.0. The largest absolute Gasteiger partial charge is 0.337 e. The molecule has 0 saturated carbocycles. The Labute approximate surface area is 176 Å². The summed E-state index contributed by atoms with van der Waals surface area (Å²) in [7, 11) is -1.38. The van der Waals surface area contributed by atoms with Gasteiger partial charge in [-0.15, -0.1) is 11.3 Å². The molecule has 0 aliphatic carbocycles. The fourth-order valence-corrected chi connectivity index (χ4v) is 6.31. The lowest BCUT2D eigenvalue weighted by Gasteiger charge is -2.22. The number of thiophene rings is 1. The molecule has 0 radical (unpaired) electrons. The van der Waals surface area contributed by atoms with E-state index < -0.39 is 9.84 Å². The highest BCUT2D eigenvalue weighted by molar-refractivity contribution is 7.91. The third-order valence-corrected chi connectivity index (χ3v) is 8.05. The van der Waals surface area contributed by atoms with Gasteiger partial charge in [0.2, 0.25) is 0 Å². The molecule has 4 aromatic heterocycles. The highest BCUT2D eigenvalue weighted by Crippen LogP contribution is 2.30. The summed E-state index contributed by atoms with van der Waals surface area (Å²) in [6.07, 6.45) is 9.36. The van der Waals surface area contributed by atoms with E-state index >= 15 is 0 Å². The minimum Gasteiger partial charge on any atom is -0.337 e. The van der Waals surface area contributed by atoms with Crippen molar-refractivity contribution in [2.45, 2.75) is 12.5 Å². The van der Waals surface area contributed by atoms with Gasteiger partial charge in [-0.25, -0.2) is 17.9 Å². The number of rotatable bonds is 4. The molecule has 1 aliphatic rings. The molecule has 0 aromatic carbocycles. The fraction of sp³-hybridized carbons (Fsp3) is 0.263. The molecule has 5 rings (SSSR count). The zero-order valence-corrected chi connectivity index (χ0v) is 17.7. The first-order valence-corrected chi connectivity index (χ1v) is 12.0. The lowest BCUT2D eigenvalue weighted by Crippen LogP contribution is -2.37. The first kappa shape index (κ1) is 18.9. The molecule has 1 unspecified atom stereocenters. The van der Waals surface area contributed by atoms with Gasteiger partial charge in [0.05, 0.1) is 28.8 Å². The van der Waals surface area contributed by atoms with Gasteiger partial charge in [0.1, 0.15) is 0 Å². The molecule has 1 aliphatic heterocycles. The van der Waals surface area contributed by atoms with Gasteiger partial charge in [-0.1, -0.05) is 0 Å². The molecule has 1 amide bonds. The van der Waals surface area contributed by atoms with Gasteiger partial charge >= 0.3 is 0 Å². The van der Waals surface area contributed by atoms with E-state index in [1.54, 1.807) is 41.3 Å². The van der Waals surface area contributed by atoms with Crippen molar-refractivity contribution in [1.82, 2.24) is 29.7 Å². The van der Waals surface area contributed by atoms with Crippen LogP contribution in [0.15, 0.2) is 42.4 Å². The van der Waals surface area contributed by atoms with Gasteiger partial charge in [-0.2, -0.15) is 10.2 Å². The average Bonchev–Trinajstić information content (AvgIpc) is 3.51. The third-order valence-electron chi connectivity index (χ3n) is 5.39. The second kappa shape index (κ2) is 7.03. The Hall–Kier alpha value is -3.05. The van der Waals surface area contributed by atoms with Crippen molar-refractivity contribution >= 4 is 32.7 Å². The maximum Gasteiger partial charge on any atom is 0.263 e. The zero-order chi connectivity index (χ0) is 20.9. The number of H-pyrrole nitrogens is 1. The first-order chi connectivity index (χ1) is 14.4. The summed E-state index contributed by atoms with van der Waals surface area (Å²) in [6, 6.07) is 1.54. The van der Waals surface area contributed by atoms with Gasteiger partial charge in [0, 0.05) is 48.4 Å². The lowest BCUT2D eigenvalue weighted by molar-refractivity contribution is 0.0752. The van der Waals surface area contributed by atoms with Gasteiger partial charge in [-0.05, 0) is 23.4 Å². The molecule has 0 spiro atoms. The van der Waals surface area contributed by atoms with Crippen molar-refractivity contribution in [2.75, 3.05) is 18.6 Å². The van der Waals surface area contributed by atoms with Gasteiger partial charge in [-0.3, -0.25) is 9.89 Å². The van der Waals surface area contributed by atoms with Gasteiger partial charge < -0.3 is 4.90 Å². The monoisotopic (exact) mass is 442 g/mol. The molecular formula is C19H18N6O3S2. The predicted octanol–water partition coefficient (Wildman–Crippen LogP) is 2.11. The molecular weight excluding hydrogens is 424 g/mol. The van der Waals surface area contributed by atoms with Crippen molar-refractivity contribution < 1.29 is 13.2 Å². The SMILES string of the molecule is CN(C(=O)c1cc(-c2cnn3cc(-c4cn[nH]c4)cnc23)cs1)C1CCS(=O)(=O)C1. The molecule has 154 valence electrons. The molecule has 1 N–H and O–H groups in total. The summed E-state index contributed by atoms with van der Waals surface area (Å²) >= 11 is 1.33. The van der Waals surface area contributed by atoms with Crippen molar-refractivity contribution in [3.63, 3.8) is 0 Å². The Morgan fingerprint density at radius 1 is 1.27 bits per heavy atom. The number of fused-ring (bicyclic) bond motifs is 1. The van der Waals surface area contributed by atoms with E-state index in [0.717, 1.165) is 22.3 Å². The van der Waals surface area contributed by atoms with Crippen LogP contribution in [0, 0.1) is 0 Å². The molecule has 9 nitrogen and oxygen atoms in total. The fourth-order valence-electron chi connectivity index (χ4n) is 3.65. The topological polar surface area (TPSA) is 113 Å². The van der Waals surface area contributed by atoms with Gasteiger partial charge in [0.15, 0.2) is 15.5 Å². The van der Waals surface area contributed by atoms with Crippen LogP contribution in [0.3, 0.4) is 0 Å². The number of hydrogen-bond acceptors (Lipinski definition) is 7. The summed E-state index contributed by atoms with van der Waals surface area (Å²) < 4.78 is 25.2. The molecule has 4 aromatic rings. The quantitative estimate of drug-likeness (QED) is 0.518. The standard InChI is InChI=1S/C19H18N6O3S2/c1-24(15-2-3-30(27,28)11-15)19(26)17-4-12(10-29-17)16-8-23-25-9-14(5-20-18(16)25)13-6-21-22-7-13/h4-10,15H,2-3,11H2,1H3,(H,21,22). The predicted molar refractivity (Wildman–Crippen MR) is 113 cm³/mol. The van der Waals surface area contributed by atoms with Crippen LogP contribution in [-0.2, 0) is 9.84 Å². The smallest absolute Gasteiger partial charge is 0.263 e. The maximum atomic E-state index is 12.9. The van der Waals surface area contributed by atoms with E-state index in [9.17, 15) is 13.2 Å². The minimum atomic E-state index is -3.05. The van der Waals surface area contributed by atoms with E-state index in [1.807, 2.05) is 17.6 Å². The number of aromatic amines is 1. The summed E-state index contributed by atoms with van der Waals surface area (Å²) in [6.45, 7) is 0. The van der Waals surface area contributed by atoms with Crippen LogP contribution in [0.5, 0.6) is 0 Å².